The van der Waals surface area contributed by atoms with E-state index in [1.54, 1.807) is 0 Å². The fourth-order valence-electron chi connectivity index (χ4n) is 3.97. The van der Waals surface area contributed by atoms with Crippen molar-refractivity contribution in [3.63, 3.8) is 0 Å². The maximum atomic E-state index is 12.9. The molecular weight excluding hydrogens is 288 g/mol. The zero-order valence-electron chi connectivity index (χ0n) is 14.6. The molecule has 0 aliphatic carbocycles. The molecular formula is C18H30N4O. The molecule has 2 aliphatic rings. The summed E-state index contributed by atoms with van der Waals surface area (Å²) in [6, 6.07) is 2.14. The van der Waals surface area contributed by atoms with Gasteiger partial charge in [-0.3, -0.25) is 14.8 Å². The minimum Gasteiger partial charge on any atom is -0.341 e. The van der Waals surface area contributed by atoms with Gasteiger partial charge in [0, 0.05) is 24.7 Å². The van der Waals surface area contributed by atoms with Gasteiger partial charge in [0.15, 0.2) is 0 Å². The Kier molecular flexibility index (Phi) is 5.36. The van der Waals surface area contributed by atoms with Crippen molar-refractivity contribution >= 4 is 5.91 Å². The Labute approximate surface area is 139 Å². The van der Waals surface area contributed by atoms with Gasteiger partial charge in [0.25, 0.3) is 0 Å². The Morgan fingerprint density at radius 2 is 1.96 bits per heavy atom. The van der Waals surface area contributed by atoms with Crippen molar-refractivity contribution in [1.82, 2.24) is 20.0 Å². The molecule has 1 aromatic heterocycles. The molecule has 23 heavy (non-hydrogen) atoms. The average molecular weight is 318 g/mol. The van der Waals surface area contributed by atoms with Crippen molar-refractivity contribution in [2.45, 2.75) is 64.3 Å². The molecule has 2 atom stereocenters. The maximum Gasteiger partial charge on any atom is 0.239 e. The first kappa shape index (κ1) is 16.5. The molecule has 1 amide bonds. The molecule has 5 heteroatoms. The van der Waals surface area contributed by atoms with E-state index in [0.29, 0.717) is 11.8 Å². The minimum atomic E-state index is 0.0211. The molecule has 0 saturated carbocycles. The molecule has 2 fully saturated rings. The zero-order chi connectivity index (χ0) is 16.2. The lowest BCUT2D eigenvalue weighted by atomic mass is 9.94. The highest BCUT2D eigenvalue weighted by Gasteiger charge is 2.31. The highest BCUT2D eigenvalue weighted by atomic mass is 16.2. The second kappa shape index (κ2) is 7.47. The van der Waals surface area contributed by atoms with Crippen LogP contribution in [0, 0.1) is 6.92 Å². The van der Waals surface area contributed by atoms with Crippen molar-refractivity contribution in [1.29, 1.82) is 0 Å². The summed E-state index contributed by atoms with van der Waals surface area (Å²) < 4.78 is 0. The molecule has 5 nitrogen and oxygen atoms in total. The molecule has 0 radical (unpaired) electrons. The van der Waals surface area contributed by atoms with Crippen molar-refractivity contribution < 1.29 is 4.79 Å². The number of nitrogens with zero attached hydrogens (tertiary/aromatic N) is 3. The smallest absolute Gasteiger partial charge is 0.239 e. The number of aromatic amines is 1. The van der Waals surface area contributed by atoms with Crippen molar-refractivity contribution in [3.05, 3.63) is 17.5 Å². The van der Waals surface area contributed by atoms with Crippen LogP contribution >= 0.6 is 0 Å². The molecule has 2 unspecified atom stereocenters. The van der Waals surface area contributed by atoms with Crippen LogP contribution in [0.25, 0.3) is 0 Å². The number of likely N-dealkylation sites (tertiary alicyclic amines) is 2. The lowest BCUT2D eigenvalue weighted by Crippen LogP contribution is -2.50. The van der Waals surface area contributed by atoms with Gasteiger partial charge in [-0.15, -0.1) is 0 Å². The van der Waals surface area contributed by atoms with Crippen LogP contribution in [0.1, 0.15) is 62.8 Å². The largest absolute Gasteiger partial charge is 0.341 e. The monoisotopic (exact) mass is 318 g/mol. The summed E-state index contributed by atoms with van der Waals surface area (Å²) in [5, 5.41) is 7.44. The van der Waals surface area contributed by atoms with E-state index in [0.717, 1.165) is 50.4 Å². The molecule has 1 aromatic rings. The lowest BCUT2D eigenvalue weighted by molar-refractivity contribution is -0.137. The third-order valence-electron chi connectivity index (χ3n) is 5.42. The first-order valence-electron chi connectivity index (χ1n) is 9.20. The van der Waals surface area contributed by atoms with E-state index in [1.165, 1.54) is 25.7 Å². The molecule has 3 rings (SSSR count). The SMILES string of the molecule is Cc1cc(C2CCCN(C(=O)C(C)N3CCCCCC3)C2)n[nH]1. The quantitative estimate of drug-likeness (QED) is 0.932. The summed E-state index contributed by atoms with van der Waals surface area (Å²) in [7, 11) is 0. The Morgan fingerprint density at radius 1 is 1.22 bits per heavy atom. The first-order chi connectivity index (χ1) is 11.1. The highest BCUT2D eigenvalue weighted by Crippen LogP contribution is 2.27. The highest BCUT2D eigenvalue weighted by molar-refractivity contribution is 5.81. The first-order valence-corrected chi connectivity index (χ1v) is 9.20. The van der Waals surface area contributed by atoms with Crippen molar-refractivity contribution in [3.8, 4) is 0 Å². The molecule has 2 aliphatic heterocycles. The van der Waals surface area contributed by atoms with Gasteiger partial charge in [0.2, 0.25) is 5.91 Å². The topological polar surface area (TPSA) is 52.2 Å². The summed E-state index contributed by atoms with van der Waals surface area (Å²) >= 11 is 0. The Morgan fingerprint density at radius 3 is 2.61 bits per heavy atom. The molecule has 2 saturated heterocycles. The van der Waals surface area contributed by atoms with Gasteiger partial charge in [-0.1, -0.05) is 12.8 Å². The summed E-state index contributed by atoms with van der Waals surface area (Å²) in [5.41, 5.74) is 2.21. The molecule has 0 aromatic carbocycles. The predicted octanol–water partition coefficient (Wildman–Crippen LogP) is 2.69. The van der Waals surface area contributed by atoms with Crippen LogP contribution in [0.3, 0.4) is 0 Å². The average Bonchev–Trinajstić information content (AvgIpc) is 2.84. The van der Waals surface area contributed by atoms with E-state index in [1.807, 2.05) is 6.92 Å². The van der Waals surface area contributed by atoms with Crippen LogP contribution in [-0.2, 0) is 4.79 Å². The third-order valence-corrected chi connectivity index (χ3v) is 5.42. The van der Waals surface area contributed by atoms with Gasteiger partial charge in [-0.05, 0) is 58.7 Å². The normalized spacial score (nSPS) is 25.1. The number of H-pyrrole nitrogens is 1. The maximum absolute atomic E-state index is 12.9. The fourth-order valence-corrected chi connectivity index (χ4v) is 3.97. The number of rotatable bonds is 3. The Hall–Kier alpha value is -1.36. The molecule has 128 valence electrons. The number of carbonyl (C=O) groups is 1. The summed E-state index contributed by atoms with van der Waals surface area (Å²) in [5.74, 6) is 0.692. The number of hydrogen-bond donors (Lipinski definition) is 1. The predicted molar refractivity (Wildman–Crippen MR) is 91.4 cm³/mol. The zero-order valence-corrected chi connectivity index (χ0v) is 14.6. The van der Waals surface area contributed by atoms with E-state index < -0.39 is 0 Å². The number of piperidine rings is 1. The summed E-state index contributed by atoms with van der Waals surface area (Å²) in [4.78, 5) is 17.4. The standard InChI is InChI=1S/C18H30N4O/c1-14-12-17(20-19-14)16-8-7-11-22(13-16)18(23)15(2)21-9-5-3-4-6-10-21/h12,15-16H,3-11,13H2,1-2H3,(H,19,20). The fraction of sp³-hybridized carbons (Fsp3) is 0.778. The number of aromatic nitrogens is 2. The van der Waals surface area contributed by atoms with Gasteiger partial charge < -0.3 is 4.90 Å². The number of nitrogens with one attached hydrogen (secondary N) is 1. The van der Waals surface area contributed by atoms with Crippen molar-refractivity contribution in [2.75, 3.05) is 26.2 Å². The van der Waals surface area contributed by atoms with Crippen LogP contribution in [0.2, 0.25) is 0 Å². The van der Waals surface area contributed by atoms with E-state index in [2.05, 4.69) is 33.0 Å². The summed E-state index contributed by atoms with van der Waals surface area (Å²) in [6.07, 6.45) is 7.28. The van der Waals surface area contributed by atoms with Gasteiger partial charge in [-0.2, -0.15) is 5.10 Å². The third kappa shape index (κ3) is 3.94. The number of aryl methyl sites for hydroxylation is 1. The second-order valence-corrected chi connectivity index (χ2v) is 7.23. The minimum absolute atomic E-state index is 0.0211. The van der Waals surface area contributed by atoms with Crippen LogP contribution in [0.5, 0.6) is 0 Å². The van der Waals surface area contributed by atoms with E-state index in [4.69, 9.17) is 0 Å². The number of hydrogen-bond acceptors (Lipinski definition) is 3. The molecule has 0 bridgehead atoms. The van der Waals surface area contributed by atoms with E-state index in [-0.39, 0.29) is 6.04 Å². The molecule has 3 heterocycles. The van der Waals surface area contributed by atoms with Crippen LogP contribution in [-0.4, -0.2) is 58.1 Å². The van der Waals surface area contributed by atoms with Gasteiger partial charge in [0.1, 0.15) is 0 Å². The molecule has 0 spiro atoms. The van der Waals surface area contributed by atoms with Crippen LogP contribution in [0.4, 0.5) is 0 Å². The van der Waals surface area contributed by atoms with E-state index >= 15 is 0 Å². The molecule has 1 N–H and O–H groups in total. The van der Waals surface area contributed by atoms with E-state index in [9.17, 15) is 4.79 Å². The summed E-state index contributed by atoms with van der Waals surface area (Å²) in [6.45, 7) is 7.99. The number of carbonyl (C=O) groups excluding carboxylic acids is 1. The lowest BCUT2D eigenvalue weighted by Gasteiger charge is -2.36. The van der Waals surface area contributed by atoms with Crippen LogP contribution in [0.15, 0.2) is 6.07 Å². The Bertz CT molecular complexity index is 519. The van der Waals surface area contributed by atoms with Crippen LogP contribution < -0.4 is 0 Å². The van der Waals surface area contributed by atoms with Gasteiger partial charge >= 0.3 is 0 Å². The second-order valence-electron chi connectivity index (χ2n) is 7.23. The van der Waals surface area contributed by atoms with Crippen molar-refractivity contribution in [2.24, 2.45) is 0 Å². The Balaban J connectivity index is 1.61. The number of amides is 1. The van der Waals surface area contributed by atoms with Gasteiger partial charge in [0.05, 0.1) is 11.7 Å². The van der Waals surface area contributed by atoms with Gasteiger partial charge in [-0.25, -0.2) is 0 Å².